The molecule has 0 aromatic heterocycles. The summed E-state index contributed by atoms with van der Waals surface area (Å²) in [6, 6.07) is 11.2. The van der Waals surface area contributed by atoms with Crippen LogP contribution in [0.5, 0.6) is 0 Å². The third-order valence-corrected chi connectivity index (χ3v) is 5.64. The molecule has 4 N–H and O–H groups in total. The number of halogens is 1. The average molecular weight is 544 g/mol. The van der Waals surface area contributed by atoms with E-state index in [0.29, 0.717) is 0 Å². The molecule has 1 aromatic carbocycles. The summed E-state index contributed by atoms with van der Waals surface area (Å²) in [5, 5.41) is 13.8. The number of amides is 1. The lowest BCUT2D eigenvalue weighted by molar-refractivity contribution is -0.126. The number of nitrogens with one attached hydrogen (secondary N) is 4. The van der Waals surface area contributed by atoms with Gasteiger partial charge in [-0.1, -0.05) is 36.8 Å². The second kappa shape index (κ2) is 13.3. The van der Waals surface area contributed by atoms with Crippen LogP contribution in [0.2, 0.25) is 0 Å². The number of carbonyl (C=O) groups excluding carboxylic acids is 1. The third kappa shape index (κ3) is 9.76. The molecule has 3 unspecified atom stereocenters. The van der Waals surface area contributed by atoms with Gasteiger partial charge in [-0.05, 0) is 59.4 Å². The van der Waals surface area contributed by atoms with Crippen LogP contribution >= 0.6 is 24.0 Å². The molecule has 0 spiro atoms. The molecule has 1 aromatic rings. The Balaban J connectivity index is 0.00000480. The molecular formula is C24H42IN5O. The molecule has 2 rings (SSSR count). The van der Waals surface area contributed by atoms with Gasteiger partial charge >= 0.3 is 0 Å². The fraction of sp³-hybridized carbons (Fsp3) is 0.667. The van der Waals surface area contributed by atoms with Gasteiger partial charge in [-0.3, -0.25) is 9.79 Å². The molecule has 1 fully saturated rings. The van der Waals surface area contributed by atoms with Crippen LogP contribution < -0.4 is 21.3 Å². The minimum atomic E-state index is -0.112. The number of benzene rings is 1. The van der Waals surface area contributed by atoms with Gasteiger partial charge in [0.05, 0.1) is 0 Å². The zero-order valence-electron chi connectivity index (χ0n) is 20.0. The third-order valence-electron chi connectivity index (χ3n) is 5.64. The smallest absolute Gasteiger partial charge is 0.223 e. The standard InChI is InChI=1S/C24H41N5O.HI/c1-17(2)27-22(30)20-13-10-14-21(15-20)28-23(25-6)26-16-24(4,5)29-18(3)19-11-8-7-9-12-19;/h7-9,11-12,17-18,20-21,29H,10,13-16H2,1-6H3,(H,27,30)(H2,25,26,28);1H. The fourth-order valence-electron chi connectivity index (χ4n) is 4.12. The zero-order valence-corrected chi connectivity index (χ0v) is 22.3. The van der Waals surface area contributed by atoms with Crippen molar-refractivity contribution >= 4 is 35.8 Å². The molecule has 1 aliphatic rings. The molecule has 1 saturated carbocycles. The van der Waals surface area contributed by atoms with Crippen molar-refractivity contribution in [3.63, 3.8) is 0 Å². The highest BCUT2D eigenvalue weighted by molar-refractivity contribution is 14.0. The predicted octanol–water partition coefficient (Wildman–Crippen LogP) is 3.98. The van der Waals surface area contributed by atoms with Crippen molar-refractivity contribution in [2.75, 3.05) is 13.6 Å². The molecule has 0 radical (unpaired) electrons. The monoisotopic (exact) mass is 543 g/mol. The summed E-state index contributed by atoms with van der Waals surface area (Å²) in [6.07, 6.45) is 3.95. The first-order valence-electron chi connectivity index (χ1n) is 11.3. The molecule has 7 heteroatoms. The molecule has 176 valence electrons. The number of aliphatic imine (C=N–C) groups is 1. The van der Waals surface area contributed by atoms with Crippen LogP contribution in [-0.4, -0.2) is 43.1 Å². The second-order valence-corrected chi connectivity index (χ2v) is 9.45. The van der Waals surface area contributed by atoms with Crippen molar-refractivity contribution < 1.29 is 4.79 Å². The van der Waals surface area contributed by atoms with E-state index < -0.39 is 0 Å². The molecule has 1 aliphatic carbocycles. The molecule has 1 amide bonds. The lowest BCUT2D eigenvalue weighted by Gasteiger charge is -2.33. The van der Waals surface area contributed by atoms with Crippen molar-refractivity contribution in [1.29, 1.82) is 0 Å². The molecule has 6 nitrogen and oxygen atoms in total. The Kier molecular flexibility index (Phi) is 11.8. The summed E-state index contributed by atoms with van der Waals surface area (Å²) < 4.78 is 0. The summed E-state index contributed by atoms with van der Waals surface area (Å²) in [5.74, 6) is 1.06. The number of hydrogen-bond acceptors (Lipinski definition) is 3. The van der Waals surface area contributed by atoms with Crippen molar-refractivity contribution in [3.05, 3.63) is 35.9 Å². The quantitative estimate of drug-likeness (QED) is 0.227. The van der Waals surface area contributed by atoms with Crippen LogP contribution in [0.3, 0.4) is 0 Å². The first kappa shape index (κ1) is 27.7. The Bertz CT molecular complexity index is 692. The van der Waals surface area contributed by atoms with Gasteiger partial charge in [0, 0.05) is 43.2 Å². The maximum absolute atomic E-state index is 12.4. The van der Waals surface area contributed by atoms with Crippen molar-refractivity contribution in [2.24, 2.45) is 10.9 Å². The first-order chi connectivity index (χ1) is 14.2. The van der Waals surface area contributed by atoms with E-state index in [1.165, 1.54) is 5.56 Å². The van der Waals surface area contributed by atoms with Gasteiger partial charge in [0.25, 0.3) is 0 Å². The van der Waals surface area contributed by atoms with Gasteiger partial charge in [0.1, 0.15) is 0 Å². The number of nitrogens with zero attached hydrogens (tertiary/aromatic N) is 1. The SMILES string of the molecule is CN=C(NCC(C)(C)NC(C)c1ccccc1)NC1CCCC(C(=O)NC(C)C)C1.I. The van der Waals surface area contributed by atoms with E-state index in [4.69, 9.17) is 0 Å². The Morgan fingerprint density at radius 2 is 1.84 bits per heavy atom. The molecule has 0 bridgehead atoms. The lowest BCUT2D eigenvalue weighted by atomic mass is 9.85. The van der Waals surface area contributed by atoms with E-state index in [-0.39, 0.29) is 59.5 Å². The Labute approximate surface area is 205 Å². The normalized spacial score (nSPS) is 20.5. The van der Waals surface area contributed by atoms with Crippen LogP contribution in [0, 0.1) is 5.92 Å². The van der Waals surface area contributed by atoms with Crippen LogP contribution in [0.15, 0.2) is 35.3 Å². The summed E-state index contributed by atoms with van der Waals surface area (Å²) in [6.45, 7) is 11.3. The van der Waals surface area contributed by atoms with E-state index in [2.05, 4.69) is 71.3 Å². The summed E-state index contributed by atoms with van der Waals surface area (Å²) in [7, 11) is 1.80. The topological polar surface area (TPSA) is 77.6 Å². The average Bonchev–Trinajstić information content (AvgIpc) is 2.71. The van der Waals surface area contributed by atoms with Crippen molar-refractivity contribution in [1.82, 2.24) is 21.3 Å². The number of rotatable bonds is 8. The van der Waals surface area contributed by atoms with Gasteiger partial charge in [-0.15, -0.1) is 24.0 Å². The van der Waals surface area contributed by atoms with E-state index in [0.717, 1.165) is 38.2 Å². The maximum Gasteiger partial charge on any atom is 0.223 e. The lowest BCUT2D eigenvalue weighted by Crippen LogP contribution is -2.54. The largest absolute Gasteiger partial charge is 0.355 e. The highest BCUT2D eigenvalue weighted by Gasteiger charge is 2.28. The maximum atomic E-state index is 12.4. The summed E-state index contributed by atoms with van der Waals surface area (Å²) in [5.41, 5.74) is 1.17. The Morgan fingerprint density at radius 1 is 1.16 bits per heavy atom. The van der Waals surface area contributed by atoms with Crippen LogP contribution in [0.1, 0.15) is 71.9 Å². The van der Waals surface area contributed by atoms with Crippen LogP contribution in [0.4, 0.5) is 0 Å². The van der Waals surface area contributed by atoms with Crippen molar-refractivity contribution in [2.45, 2.75) is 84.0 Å². The first-order valence-corrected chi connectivity index (χ1v) is 11.3. The number of guanidine groups is 1. The number of hydrogen-bond donors (Lipinski definition) is 4. The van der Waals surface area contributed by atoms with E-state index in [1.807, 2.05) is 19.9 Å². The van der Waals surface area contributed by atoms with Crippen LogP contribution in [-0.2, 0) is 4.79 Å². The van der Waals surface area contributed by atoms with Crippen LogP contribution in [0.25, 0.3) is 0 Å². The highest BCUT2D eigenvalue weighted by atomic mass is 127. The van der Waals surface area contributed by atoms with Gasteiger partial charge < -0.3 is 21.3 Å². The Hall–Kier alpha value is -1.35. The summed E-state index contributed by atoms with van der Waals surface area (Å²) >= 11 is 0. The van der Waals surface area contributed by atoms with Gasteiger partial charge in [0.15, 0.2) is 5.96 Å². The van der Waals surface area contributed by atoms with Gasteiger partial charge in [0.2, 0.25) is 5.91 Å². The van der Waals surface area contributed by atoms with E-state index in [1.54, 1.807) is 7.05 Å². The number of carbonyl (C=O) groups is 1. The van der Waals surface area contributed by atoms with E-state index >= 15 is 0 Å². The molecule has 0 saturated heterocycles. The zero-order chi connectivity index (χ0) is 22.1. The van der Waals surface area contributed by atoms with Gasteiger partial charge in [-0.2, -0.15) is 0 Å². The molecule has 31 heavy (non-hydrogen) atoms. The fourth-order valence-corrected chi connectivity index (χ4v) is 4.12. The molecular weight excluding hydrogens is 501 g/mol. The minimum Gasteiger partial charge on any atom is -0.355 e. The summed E-state index contributed by atoms with van der Waals surface area (Å²) in [4.78, 5) is 16.8. The molecule has 0 aliphatic heterocycles. The van der Waals surface area contributed by atoms with E-state index in [9.17, 15) is 4.79 Å². The predicted molar refractivity (Wildman–Crippen MR) is 141 cm³/mol. The second-order valence-electron chi connectivity index (χ2n) is 9.45. The van der Waals surface area contributed by atoms with Crippen molar-refractivity contribution in [3.8, 4) is 0 Å². The Morgan fingerprint density at radius 3 is 2.45 bits per heavy atom. The molecule has 0 heterocycles. The minimum absolute atomic E-state index is 0. The highest BCUT2D eigenvalue weighted by Crippen LogP contribution is 2.24. The molecule has 3 atom stereocenters. The van der Waals surface area contributed by atoms with Gasteiger partial charge in [-0.25, -0.2) is 0 Å².